The topological polar surface area (TPSA) is 128 Å². The summed E-state index contributed by atoms with van der Waals surface area (Å²) < 4.78 is 44.3. The summed E-state index contributed by atoms with van der Waals surface area (Å²) in [5, 5.41) is 0. The number of imide groups is 1. The molecule has 0 fully saturated rings. The van der Waals surface area contributed by atoms with Crippen molar-refractivity contribution in [2.75, 3.05) is 26.4 Å². The molecule has 2 amide bonds. The number of hydrogen-bond donors (Lipinski definition) is 1. The third-order valence-electron chi connectivity index (χ3n) is 5.46. The van der Waals surface area contributed by atoms with Crippen molar-refractivity contribution in [1.82, 2.24) is 9.62 Å². The van der Waals surface area contributed by atoms with Gasteiger partial charge in [0.15, 0.2) is 11.5 Å². The molecule has 2 aromatic rings. The molecule has 0 bridgehead atoms. The Morgan fingerprint density at radius 2 is 1.65 bits per heavy atom. The molecule has 0 aliphatic carbocycles. The first-order valence-corrected chi connectivity index (χ1v) is 12.2. The van der Waals surface area contributed by atoms with Gasteiger partial charge in [-0.15, -0.1) is 0 Å². The van der Waals surface area contributed by atoms with Gasteiger partial charge in [-0.25, -0.2) is 8.42 Å². The van der Waals surface area contributed by atoms with Crippen LogP contribution in [0, 0.1) is 5.92 Å². The first-order valence-electron chi connectivity index (χ1n) is 10.7. The summed E-state index contributed by atoms with van der Waals surface area (Å²) in [4.78, 5) is 38.5. The molecule has 2 aliphatic rings. The maximum atomic E-state index is 12.9. The van der Waals surface area contributed by atoms with Crippen molar-refractivity contribution in [2.45, 2.75) is 24.8 Å². The quantitative estimate of drug-likeness (QED) is 0.438. The molecule has 34 heavy (non-hydrogen) atoms. The molecule has 0 aromatic heterocycles. The van der Waals surface area contributed by atoms with E-state index >= 15 is 0 Å². The molecule has 10 nitrogen and oxygen atoms in total. The molecular weight excluding hydrogens is 464 g/mol. The Balaban J connectivity index is 1.39. The zero-order valence-corrected chi connectivity index (χ0v) is 19.5. The molecule has 1 N–H and O–H groups in total. The minimum Gasteiger partial charge on any atom is -0.486 e. The van der Waals surface area contributed by atoms with E-state index in [2.05, 4.69) is 4.72 Å². The third kappa shape index (κ3) is 4.62. The van der Waals surface area contributed by atoms with Crippen LogP contribution in [0.2, 0.25) is 0 Å². The van der Waals surface area contributed by atoms with E-state index in [0.717, 1.165) is 4.90 Å². The van der Waals surface area contributed by atoms with Crippen molar-refractivity contribution >= 4 is 27.8 Å². The largest absolute Gasteiger partial charge is 0.486 e. The number of benzene rings is 2. The Morgan fingerprint density at radius 3 is 2.26 bits per heavy atom. The number of ether oxygens (including phenoxy) is 3. The van der Waals surface area contributed by atoms with Crippen LogP contribution < -0.4 is 14.2 Å². The number of carbonyl (C=O) groups is 3. The van der Waals surface area contributed by atoms with Gasteiger partial charge in [-0.05, 0) is 30.2 Å². The Kier molecular flexibility index (Phi) is 6.58. The summed E-state index contributed by atoms with van der Waals surface area (Å²) in [6.45, 7) is 3.61. The summed E-state index contributed by atoms with van der Waals surface area (Å²) in [5.74, 6) is -1.42. The van der Waals surface area contributed by atoms with E-state index in [4.69, 9.17) is 14.2 Å². The molecule has 1 atom stereocenters. The van der Waals surface area contributed by atoms with Crippen LogP contribution in [0.4, 0.5) is 0 Å². The van der Waals surface area contributed by atoms with E-state index in [9.17, 15) is 22.8 Å². The van der Waals surface area contributed by atoms with E-state index in [-0.39, 0.29) is 18.0 Å². The number of nitrogens with one attached hydrogen (secondary N) is 1. The van der Waals surface area contributed by atoms with Crippen LogP contribution in [0.15, 0.2) is 47.4 Å². The molecule has 0 saturated carbocycles. The van der Waals surface area contributed by atoms with Gasteiger partial charge in [-0.1, -0.05) is 26.0 Å². The van der Waals surface area contributed by atoms with Crippen molar-refractivity contribution in [3.8, 4) is 11.5 Å². The smallest absolute Gasteiger partial charge is 0.324 e. The first kappa shape index (κ1) is 23.7. The highest BCUT2D eigenvalue weighted by atomic mass is 32.2. The number of hydrogen-bond acceptors (Lipinski definition) is 8. The van der Waals surface area contributed by atoms with Gasteiger partial charge in [0.05, 0.1) is 22.6 Å². The number of rotatable bonds is 8. The normalized spacial score (nSPS) is 15.9. The second-order valence-corrected chi connectivity index (χ2v) is 9.84. The fraction of sp³-hybridized carbons (Fsp3) is 0.348. The molecule has 0 radical (unpaired) electrons. The summed E-state index contributed by atoms with van der Waals surface area (Å²) in [7, 11) is -4.08. The van der Waals surface area contributed by atoms with Crippen LogP contribution in [-0.4, -0.2) is 63.5 Å². The molecule has 0 spiro atoms. The first-order chi connectivity index (χ1) is 16.2. The van der Waals surface area contributed by atoms with Gasteiger partial charge in [0, 0.05) is 6.07 Å². The standard InChI is InChI=1S/C23H24N2O8S/c1-14(2)20(24-34(29,30)15-7-8-18-19(13-15)32-12-11-31-18)23(28)33-10-9-25-21(26)16-5-3-4-6-17(16)22(25)27/h3-8,13-14,20,24H,9-12H2,1-2H3. The monoisotopic (exact) mass is 488 g/mol. The molecule has 2 heterocycles. The average Bonchev–Trinajstić information content (AvgIpc) is 3.07. The fourth-order valence-corrected chi connectivity index (χ4v) is 5.00. The van der Waals surface area contributed by atoms with E-state index in [0.29, 0.717) is 35.8 Å². The second kappa shape index (κ2) is 9.43. The van der Waals surface area contributed by atoms with Gasteiger partial charge >= 0.3 is 5.97 Å². The summed E-state index contributed by atoms with van der Waals surface area (Å²) in [6, 6.07) is 9.45. The van der Waals surface area contributed by atoms with Crippen LogP contribution >= 0.6 is 0 Å². The SMILES string of the molecule is CC(C)C(NS(=O)(=O)c1ccc2c(c1)OCCO2)C(=O)OCCN1C(=O)c2ccccc2C1=O. The Morgan fingerprint density at radius 1 is 1.03 bits per heavy atom. The van der Waals surface area contributed by atoms with E-state index < -0.39 is 39.8 Å². The predicted molar refractivity (Wildman–Crippen MR) is 119 cm³/mol. The number of sulfonamides is 1. The summed E-state index contributed by atoms with van der Waals surface area (Å²) >= 11 is 0. The lowest BCUT2D eigenvalue weighted by atomic mass is 10.1. The highest BCUT2D eigenvalue weighted by Gasteiger charge is 2.35. The molecule has 2 aromatic carbocycles. The average molecular weight is 489 g/mol. The van der Waals surface area contributed by atoms with Crippen molar-refractivity contribution < 1.29 is 37.0 Å². The van der Waals surface area contributed by atoms with Gasteiger partial charge < -0.3 is 14.2 Å². The maximum absolute atomic E-state index is 12.9. The summed E-state index contributed by atoms with van der Waals surface area (Å²) in [6.07, 6.45) is 0. The molecule has 1 unspecified atom stereocenters. The van der Waals surface area contributed by atoms with Crippen LogP contribution in [-0.2, 0) is 19.6 Å². The highest BCUT2D eigenvalue weighted by molar-refractivity contribution is 7.89. The number of fused-ring (bicyclic) bond motifs is 2. The van der Waals surface area contributed by atoms with Gasteiger partial charge in [0.2, 0.25) is 10.0 Å². The number of amides is 2. The van der Waals surface area contributed by atoms with Crippen molar-refractivity contribution in [2.24, 2.45) is 5.92 Å². The number of nitrogens with zero attached hydrogens (tertiary/aromatic N) is 1. The lowest BCUT2D eigenvalue weighted by Gasteiger charge is -2.22. The third-order valence-corrected chi connectivity index (χ3v) is 6.90. The molecule has 2 aliphatic heterocycles. The van der Waals surface area contributed by atoms with E-state index in [1.165, 1.54) is 18.2 Å². The minimum atomic E-state index is -4.08. The lowest BCUT2D eigenvalue weighted by Crippen LogP contribution is -2.46. The van der Waals surface area contributed by atoms with Crippen LogP contribution in [0.1, 0.15) is 34.6 Å². The van der Waals surface area contributed by atoms with Crippen molar-refractivity contribution in [3.05, 3.63) is 53.6 Å². The lowest BCUT2D eigenvalue weighted by molar-refractivity contribution is -0.147. The zero-order valence-electron chi connectivity index (χ0n) is 18.6. The van der Waals surface area contributed by atoms with E-state index in [1.807, 2.05) is 0 Å². The van der Waals surface area contributed by atoms with Crippen molar-refractivity contribution in [1.29, 1.82) is 0 Å². The zero-order chi connectivity index (χ0) is 24.5. The Labute approximate surface area is 196 Å². The second-order valence-electron chi connectivity index (χ2n) is 8.12. The van der Waals surface area contributed by atoms with Crippen LogP contribution in [0.25, 0.3) is 0 Å². The fourth-order valence-electron chi connectivity index (χ4n) is 3.65. The number of esters is 1. The van der Waals surface area contributed by atoms with Gasteiger partial charge in [-0.3, -0.25) is 19.3 Å². The maximum Gasteiger partial charge on any atom is 0.324 e. The Bertz CT molecular complexity index is 1210. The minimum absolute atomic E-state index is 0.0822. The van der Waals surface area contributed by atoms with Gasteiger partial charge in [0.1, 0.15) is 25.9 Å². The highest BCUT2D eigenvalue weighted by Crippen LogP contribution is 2.32. The predicted octanol–water partition coefficient (Wildman–Crippen LogP) is 1.60. The van der Waals surface area contributed by atoms with E-state index in [1.54, 1.807) is 38.1 Å². The molecule has 0 saturated heterocycles. The molecule has 180 valence electrons. The van der Waals surface area contributed by atoms with Crippen LogP contribution in [0.3, 0.4) is 0 Å². The number of carbonyl (C=O) groups excluding carboxylic acids is 3. The molecule has 11 heteroatoms. The molecule has 4 rings (SSSR count). The molecular formula is C23H24N2O8S. The summed E-state index contributed by atoms with van der Waals surface area (Å²) in [5.41, 5.74) is 0.595. The Hall–Kier alpha value is -3.44. The van der Waals surface area contributed by atoms with Gasteiger partial charge in [-0.2, -0.15) is 4.72 Å². The van der Waals surface area contributed by atoms with Crippen molar-refractivity contribution in [3.63, 3.8) is 0 Å². The van der Waals surface area contributed by atoms with Gasteiger partial charge in [0.25, 0.3) is 11.8 Å². The van der Waals surface area contributed by atoms with Crippen LogP contribution in [0.5, 0.6) is 11.5 Å².